The number of carbonyl (C=O) groups is 2. The molecule has 10 heteroatoms. The molecule has 34 heavy (non-hydrogen) atoms. The number of hydrogen-bond acceptors (Lipinski definition) is 7. The summed E-state index contributed by atoms with van der Waals surface area (Å²) in [7, 11) is 0. The van der Waals surface area contributed by atoms with Crippen molar-refractivity contribution >= 4 is 46.0 Å². The Morgan fingerprint density at radius 3 is 2.56 bits per heavy atom. The number of pyridine rings is 2. The fourth-order valence-electron chi connectivity index (χ4n) is 4.70. The van der Waals surface area contributed by atoms with Crippen LogP contribution in [0.3, 0.4) is 0 Å². The summed E-state index contributed by atoms with van der Waals surface area (Å²) in [5, 5.41) is 6.09. The van der Waals surface area contributed by atoms with Crippen LogP contribution in [0.2, 0.25) is 5.02 Å². The molecule has 0 atom stereocenters. The Balaban J connectivity index is 1.30. The van der Waals surface area contributed by atoms with Crippen molar-refractivity contribution in [3.05, 3.63) is 47.4 Å². The van der Waals surface area contributed by atoms with Gasteiger partial charge >= 0.3 is 0 Å². The summed E-state index contributed by atoms with van der Waals surface area (Å²) < 4.78 is 11.2. The minimum absolute atomic E-state index is 0.0131. The molecule has 5 rings (SSSR count). The molecule has 3 aromatic rings. The predicted molar refractivity (Wildman–Crippen MR) is 128 cm³/mol. The Labute approximate surface area is 201 Å². The number of morpholine rings is 1. The lowest BCUT2D eigenvalue weighted by Gasteiger charge is -2.38. The highest BCUT2D eigenvalue weighted by molar-refractivity contribution is 6.30. The van der Waals surface area contributed by atoms with E-state index in [0.717, 1.165) is 52.0 Å². The monoisotopic (exact) mass is 483 g/mol. The average molecular weight is 484 g/mol. The summed E-state index contributed by atoms with van der Waals surface area (Å²) in [5.41, 5.74) is 1.14. The number of amides is 2. The van der Waals surface area contributed by atoms with E-state index in [-0.39, 0.29) is 23.3 Å². The van der Waals surface area contributed by atoms with Crippen LogP contribution < -0.4 is 10.6 Å². The summed E-state index contributed by atoms with van der Waals surface area (Å²) in [5.74, 6) is -0.464. The number of nitrogens with zero attached hydrogens (tertiary/aromatic N) is 3. The van der Waals surface area contributed by atoms with Crippen LogP contribution in [0.4, 0.5) is 11.5 Å². The zero-order valence-corrected chi connectivity index (χ0v) is 19.4. The molecule has 1 aliphatic heterocycles. The van der Waals surface area contributed by atoms with E-state index in [1.54, 1.807) is 30.5 Å². The van der Waals surface area contributed by atoms with Gasteiger partial charge in [-0.05, 0) is 49.9 Å². The second-order valence-electron chi connectivity index (χ2n) is 8.62. The molecule has 0 radical (unpaired) electrons. The maximum Gasteiger partial charge on any atom is 0.294 e. The normalized spacial score (nSPS) is 21.3. The van der Waals surface area contributed by atoms with Crippen molar-refractivity contribution < 1.29 is 18.7 Å². The second-order valence-corrected chi connectivity index (χ2v) is 9.05. The third-order valence-corrected chi connectivity index (χ3v) is 6.72. The van der Waals surface area contributed by atoms with E-state index in [1.807, 2.05) is 0 Å². The Hall–Kier alpha value is -3.01. The third kappa shape index (κ3) is 4.91. The van der Waals surface area contributed by atoms with Crippen LogP contribution in [0.25, 0.3) is 11.1 Å². The first kappa shape index (κ1) is 22.8. The molecule has 3 aromatic heterocycles. The smallest absolute Gasteiger partial charge is 0.294 e. The number of fused-ring (bicyclic) bond motifs is 1. The number of nitrogens with one attached hydrogen (secondary N) is 2. The van der Waals surface area contributed by atoms with Crippen molar-refractivity contribution in [2.45, 2.75) is 31.7 Å². The lowest BCUT2D eigenvalue weighted by Crippen LogP contribution is -2.45. The summed E-state index contributed by atoms with van der Waals surface area (Å²) in [6.45, 7) is 3.46. The first-order valence-electron chi connectivity index (χ1n) is 11.5. The Bertz CT molecular complexity index is 1170. The zero-order chi connectivity index (χ0) is 23.5. The molecule has 2 amide bonds. The number of furan rings is 1. The van der Waals surface area contributed by atoms with Gasteiger partial charge in [0.25, 0.3) is 5.91 Å². The van der Waals surface area contributed by atoms with E-state index in [4.69, 9.17) is 20.8 Å². The van der Waals surface area contributed by atoms with E-state index >= 15 is 0 Å². The minimum atomic E-state index is -0.529. The fraction of sp³-hybridized carbons (Fsp3) is 0.417. The van der Waals surface area contributed by atoms with E-state index < -0.39 is 5.91 Å². The van der Waals surface area contributed by atoms with Gasteiger partial charge in [0.1, 0.15) is 17.0 Å². The number of hydrogen-bond donors (Lipinski definition) is 2. The molecule has 4 heterocycles. The van der Waals surface area contributed by atoms with Crippen molar-refractivity contribution in [3.8, 4) is 0 Å². The van der Waals surface area contributed by atoms with Gasteiger partial charge in [0.05, 0.1) is 18.2 Å². The van der Waals surface area contributed by atoms with Gasteiger partial charge in [-0.15, -0.1) is 0 Å². The molecule has 178 valence electrons. The van der Waals surface area contributed by atoms with Crippen LogP contribution >= 0.6 is 11.6 Å². The van der Waals surface area contributed by atoms with Crippen molar-refractivity contribution in [1.82, 2.24) is 14.9 Å². The molecular weight excluding hydrogens is 458 g/mol. The lowest BCUT2D eigenvalue weighted by molar-refractivity contribution is -0.121. The second kappa shape index (κ2) is 10.1. The summed E-state index contributed by atoms with van der Waals surface area (Å²) in [6.07, 6.45) is 6.58. The summed E-state index contributed by atoms with van der Waals surface area (Å²) in [6, 6.07) is 7.14. The SMILES string of the molecule is O=C(Nc1ccc(Cl)cn1)c1oc2cccnc2c1NC(=O)C1CCC(N2CCOCC2)CC1. The number of aromatic nitrogens is 2. The molecule has 0 aromatic carbocycles. The van der Waals surface area contributed by atoms with E-state index in [1.165, 1.54) is 6.20 Å². The largest absolute Gasteiger partial charge is 0.447 e. The van der Waals surface area contributed by atoms with E-state index in [2.05, 4.69) is 25.5 Å². The van der Waals surface area contributed by atoms with Gasteiger partial charge in [0.2, 0.25) is 11.7 Å². The number of anilines is 2. The first-order chi connectivity index (χ1) is 16.6. The van der Waals surface area contributed by atoms with Crippen LogP contribution in [-0.2, 0) is 9.53 Å². The van der Waals surface area contributed by atoms with Gasteiger partial charge in [-0.2, -0.15) is 0 Å². The molecule has 2 fully saturated rings. The highest BCUT2D eigenvalue weighted by Gasteiger charge is 2.32. The van der Waals surface area contributed by atoms with Crippen molar-refractivity contribution in [2.75, 3.05) is 36.9 Å². The maximum atomic E-state index is 13.2. The van der Waals surface area contributed by atoms with Crippen LogP contribution in [-0.4, -0.2) is 59.0 Å². The van der Waals surface area contributed by atoms with Crippen molar-refractivity contribution in [2.24, 2.45) is 5.92 Å². The molecule has 0 spiro atoms. The van der Waals surface area contributed by atoms with Gasteiger partial charge in [-0.1, -0.05) is 11.6 Å². The van der Waals surface area contributed by atoms with Crippen LogP contribution in [0.15, 0.2) is 41.1 Å². The Kier molecular flexibility index (Phi) is 6.75. The number of ether oxygens (including phenoxy) is 1. The standard InChI is InChI=1S/C24H26ClN5O4/c25-16-5-8-19(27-14-16)28-24(32)22-21(20-18(34-22)2-1-9-26-20)29-23(31)15-3-6-17(7-4-15)30-10-12-33-13-11-30/h1-2,5,8-9,14-15,17H,3-4,6-7,10-13H2,(H,29,31)(H,27,28,32). The van der Waals surface area contributed by atoms with Gasteiger partial charge in [-0.25, -0.2) is 4.98 Å². The first-order valence-corrected chi connectivity index (χ1v) is 11.9. The summed E-state index contributed by atoms with van der Waals surface area (Å²) >= 11 is 5.87. The van der Waals surface area contributed by atoms with Crippen LogP contribution in [0.1, 0.15) is 36.2 Å². The molecule has 0 unspecified atom stereocenters. The molecule has 2 aliphatic rings. The molecule has 1 saturated heterocycles. The predicted octanol–water partition coefficient (Wildman–Crippen LogP) is 3.96. The minimum Gasteiger partial charge on any atom is -0.447 e. The highest BCUT2D eigenvalue weighted by Crippen LogP contribution is 2.33. The van der Waals surface area contributed by atoms with Gasteiger partial charge in [-0.3, -0.25) is 19.5 Å². The fourth-order valence-corrected chi connectivity index (χ4v) is 4.81. The molecule has 1 saturated carbocycles. The summed E-state index contributed by atoms with van der Waals surface area (Å²) in [4.78, 5) is 37.1. The number of carbonyl (C=O) groups excluding carboxylic acids is 2. The molecule has 0 bridgehead atoms. The lowest BCUT2D eigenvalue weighted by atomic mass is 9.84. The van der Waals surface area contributed by atoms with E-state index in [0.29, 0.717) is 28.0 Å². The van der Waals surface area contributed by atoms with Gasteiger partial charge < -0.3 is 19.8 Å². The highest BCUT2D eigenvalue weighted by atomic mass is 35.5. The Morgan fingerprint density at radius 1 is 1.03 bits per heavy atom. The van der Waals surface area contributed by atoms with Crippen LogP contribution in [0.5, 0.6) is 0 Å². The maximum absolute atomic E-state index is 13.2. The quantitative estimate of drug-likeness (QED) is 0.565. The number of halogens is 1. The van der Waals surface area contributed by atoms with Gasteiger partial charge in [0.15, 0.2) is 5.58 Å². The average Bonchev–Trinajstić information content (AvgIpc) is 3.24. The molecule has 1 aliphatic carbocycles. The molecule has 9 nitrogen and oxygen atoms in total. The topological polar surface area (TPSA) is 110 Å². The van der Waals surface area contributed by atoms with Gasteiger partial charge in [0, 0.05) is 37.4 Å². The molecule has 2 N–H and O–H groups in total. The number of rotatable bonds is 5. The van der Waals surface area contributed by atoms with Crippen LogP contribution in [0, 0.1) is 5.92 Å². The van der Waals surface area contributed by atoms with E-state index in [9.17, 15) is 9.59 Å². The Morgan fingerprint density at radius 2 is 1.82 bits per heavy atom. The third-order valence-electron chi connectivity index (χ3n) is 6.50. The van der Waals surface area contributed by atoms with Crippen molar-refractivity contribution in [1.29, 1.82) is 0 Å². The van der Waals surface area contributed by atoms with Crippen molar-refractivity contribution in [3.63, 3.8) is 0 Å². The molecular formula is C24H26ClN5O4. The zero-order valence-electron chi connectivity index (χ0n) is 18.6.